The van der Waals surface area contributed by atoms with Gasteiger partial charge in [-0.15, -0.1) is 0 Å². The van der Waals surface area contributed by atoms with Crippen LogP contribution in [0.15, 0.2) is 42.7 Å². The van der Waals surface area contributed by atoms with E-state index in [0.29, 0.717) is 11.4 Å². The Hall–Kier alpha value is -3.02. The Morgan fingerprint density at radius 2 is 2.00 bits per heavy atom. The van der Waals surface area contributed by atoms with Gasteiger partial charge in [-0.3, -0.25) is 9.78 Å². The fourth-order valence-electron chi connectivity index (χ4n) is 1.78. The van der Waals surface area contributed by atoms with Crippen LogP contribution in [0.4, 0.5) is 5.82 Å². The zero-order valence-corrected chi connectivity index (χ0v) is 12.9. The van der Waals surface area contributed by atoms with Crippen molar-refractivity contribution in [2.75, 3.05) is 12.4 Å². The number of esters is 1. The lowest BCUT2D eigenvalue weighted by atomic mass is 10.2. The van der Waals surface area contributed by atoms with E-state index in [1.54, 1.807) is 24.4 Å². The average Bonchev–Trinajstić information content (AvgIpc) is 2.56. The normalized spacial score (nSPS) is 10.5. The molecule has 0 unspecified atom stereocenters. The monoisotopic (exact) mass is 311 g/mol. The fraction of sp³-hybridized carbons (Fsp3) is 0.176. The third-order valence-electron chi connectivity index (χ3n) is 3.00. The second kappa shape index (κ2) is 7.84. The predicted octanol–water partition coefficient (Wildman–Crippen LogP) is 2.61. The number of nitrogens with zero attached hydrogens (tertiary/aromatic N) is 2. The molecule has 1 amide bonds. The van der Waals surface area contributed by atoms with Gasteiger partial charge in [0.15, 0.2) is 0 Å². The molecule has 1 N–H and O–H groups in total. The van der Waals surface area contributed by atoms with Gasteiger partial charge in [-0.25, -0.2) is 9.78 Å². The highest BCUT2D eigenvalue weighted by atomic mass is 16.5. The smallest absolute Gasteiger partial charge is 0.339 e. The van der Waals surface area contributed by atoms with E-state index < -0.39 is 5.97 Å². The molecule has 2 heterocycles. The fourth-order valence-corrected chi connectivity index (χ4v) is 1.78. The molecule has 23 heavy (non-hydrogen) atoms. The maximum Gasteiger partial charge on any atom is 0.339 e. The Balaban J connectivity index is 1.87. The van der Waals surface area contributed by atoms with Crippen molar-refractivity contribution < 1.29 is 14.3 Å². The molecule has 6 nitrogen and oxygen atoms in total. The molecule has 6 heteroatoms. The van der Waals surface area contributed by atoms with Gasteiger partial charge in [0.2, 0.25) is 5.91 Å². The molecule has 0 aliphatic carbocycles. The summed E-state index contributed by atoms with van der Waals surface area (Å²) in [5.74, 6) is -0.280. The molecule has 0 saturated carbocycles. The standard InChI is InChI=1S/C17H17N3O3/c1-12-6-7-13(10-18-12)4-3-5-16(21)20-15-9-8-14(11-19-15)17(22)23-2/h3-4,6-11H,5H2,1-2H3,(H,19,20,21)/b4-3+. The summed E-state index contributed by atoms with van der Waals surface area (Å²) in [6.45, 7) is 1.92. The molecule has 0 fully saturated rings. The molecule has 0 aliphatic heterocycles. The minimum Gasteiger partial charge on any atom is -0.465 e. The van der Waals surface area contributed by atoms with Crippen LogP contribution in [0, 0.1) is 6.92 Å². The van der Waals surface area contributed by atoms with Gasteiger partial charge in [0.25, 0.3) is 0 Å². The van der Waals surface area contributed by atoms with Crippen LogP contribution in [-0.4, -0.2) is 29.0 Å². The number of nitrogens with one attached hydrogen (secondary N) is 1. The van der Waals surface area contributed by atoms with E-state index in [0.717, 1.165) is 11.3 Å². The Bertz CT molecular complexity index is 707. The van der Waals surface area contributed by atoms with Crippen molar-refractivity contribution in [3.8, 4) is 0 Å². The minimum atomic E-state index is -0.468. The third-order valence-corrected chi connectivity index (χ3v) is 3.00. The number of pyridine rings is 2. The van der Waals surface area contributed by atoms with Crippen molar-refractivity contribution >= 4 is 23.8 Å². The van der Waals surface area contributed by atoms with Gasteiger partial charge in [-0.05, 0) is 30.7 Å². The summed E-state index contributed by atoms with van der Waals surface area (Å²) in [5.41, 5.74) is 2.21. The second-order valence-electron chi connectivity index (χ2n) is 4.81. The van der Waals surface area contributed by atoms with Crippen LogP contribution in [0.2, 0.25) is 0 Å². The van der Waals surface area contributed by atoms with E-state index in [9.17, 15) is 9.59 Å². The van der Waals surface area contributed by atoms with Gasteiger partial charge >= 0.3 is 5.97 Å². The molecule has 0 saturated heterocycles. The number of methoxy groups -OCH3 is 1. The average molecular weight is 311 g/mol. The highest BCUT2D eigenvalue weighted by Crippen LogP contribution is 2.07. The van der Waals surface area contributed by atoms with E-state index >= 15 is 0 Å². The van der Waals surface area contributed by atoms with Crippen molar-refractivity contribution in [1.29, 1.82) is 0 Å². The van der Waals surface area contributed by atoms with Crippen LogP contribution < -0.4 is 5.32 Å². The summed E-state index contributed by atoms with van der Waals surface area (Å²) in [7, 11) is 1.30. The number of carbonyl (C=O) groups is 2. The third kappa shape index (κ3) is 5.03. The lowest BCUT2D eigenvalue weighted by Crippen LogP contribution is -2.11. The number of ether oxygens (including phenoxy) is 1. The number of hydrogen-bond acceptors (Lipinski definition) is 5. The summed E-state index contributed by atoms with van der Waals surface area (Å²) < 4.78 is 4.58. The summed E-state index contributed by atoms with van der Waals surface area (Å²) in [6, 6.07) is 6.94. The van der Waals surface area contributed by atoms with Crippen molar-refractivity contribution in [3.05, 3.63) is 59.6 Å². The number of carbonyl (C=O) groups excluding carboxylic acids is 2. The van der Waals surface area contributed by atoms with E-state index in [1.807, 2.05) is 25.1 Å². The number of hydrogen-bond donors (Lipinski definition) is 1. The molecule has 2 aromatic heterocycles. The Morgan fingerprint density at radius 3 is 2.61 bits per heavy atom. The van der Waals surface area contributed by atoms with Crippen molar-refractivity contribution in [3.63, 3.8) is 0 Å². The molecule has 0 aromatic carbocycles. The first kappa shape index (κ1) is 16.4. The molecule has 2 rings (SSSR count). The van der Waals surface area contributed by atoms with Gasteiger partial charge in [-0.1, -0.05) is 18.2 Å². The Morgan fingerprint density at radius 1 is 1.17 bits per heavy atom. The maximum absolute atomic E-state index is 11.8. The predicted molar refractivity (Wildman–Crippen MR) is 86.8 cm³/mol. The van der Waals surface area contributed by atoms with Gasteiger partial charge in [-0.2, -0.15) is 0 Å². The van der Waals surface area contributed by atoms with Crippen molar-refractivity contribution in [2.24, 2.45) is 0 Å². The van der Waals surface area contributed by atoms with E-state index in [4.69, 9.17) is 0 Å². The molecule has 2 aromatic rings. The molecule has 0 spiro atoms. The largest absolute Gasteiger partial charge is 0.465 e. The first-order valence-corrected chi connectivity index (χ1v) is 7.02. The number of rotatable bonds is 5. The minimum absolute atomic E-state index is 0.195. The van der Waals surface area contributed by atoms with Crippen molar-refractivity contribution in [1.82, 2.24) is 9.97 Å². The van der Waals surface area contributed by atoms with E-state index in [-0.39, 0.29) is 12.3 Å². The van der Waals surface area contributed by atoms with Crippen molar-refractivity contribution in [2.45, 2.75) is 13.3 Å². The SMILES string of the molecule is COC(=O)c1ccc(NC(=O)C/C=C/c2ccc(C)nc2)nc1. The summed E-state index contributed by atoms with van der Waals surface area (Å²) in [5, 5.41) is 2.65. The van der Waals surface area contributed by atoms with E-state index in [2.05, 4.69) is 20.0 Å². The zero-order chi connectivity index (χ0) is 16.7. The molecule has 0 atom stereocenters. The Labute approximate surface area is 134 Å². The number of aryl methyl sites for hydroxylation is 1. The van der Waals surface area contributed by atoms with Gasteiger partial charge in [0.05, 0.1) is 12.7 Å². The molecule has 0 radical (unpaired) electrons. The number of anilines is 1. The number of aromatic nitrogens is 2. The van der Waals surface area contributed by atoms with Crippen LogP contribution >= 0.6 is 0 Å². The topological polar surface area (TPSA) is 81.2 Å². The van der Waals surface area contributed by atoms with E-state index in [1.165, 1.54) is 13.3 Å². The molecule has 0 aliphatic rings. The van der Waals surface area contributed by atoms with Gasteiger partial charge in [0.1, 0.15) is 5.82 Å². The summed E-state index contributed by atoms with van der Waals surface area (Å²) in [6.07, 6.45) is 6.91. The first-order chi connectivity index (χ1) is 11.1. The first-order valence-electron chi connectivity index (χ1n) is 7.02. The zero-order valence-electron chi connectivity index (χ0n) is 12.9. The van der Waals surface area contributed by atoms with Crippen LogP contribution in [0.25, 0.3) is 6.08 Å². The summed E-state index contributed by atoms with van der Waals surface area (Å²) in [4.78, 5) is 31.3. The highest BCUT2D eigenvalue weighted by molar-refractivity contribution is 5.92. The molecule has 0 bridgehead atoms. The van der Waals surface area contributed by atoms with Gasteiger partial charge < -0.3 is 10.1 Å². The summed E-state index contributed by atoms with van der Waals surface area (Å²) >= 11 is 0. The Kier molecular flexibility index (Phi) is 5.57. The molecule has 118 valence electrons. The van der Waals surface area contributed by atoms with Crippen LogP contribution in [0.5, 0.6) is 0 Å². The maximum atomic E-state index is 11.8. The second-order valence-corrected chi connectivity index (χ2v) is 4.81. The van der Waals surface area contributed by atoms with Crippen LogP contribution in [-0.2, 0) is 9.53 Å². The molecular weight excluding hydrogens is 294 g/mol. The number of amides is 1. The highest BCUT2D eigenvalue weighted by Gasteiger charge is 2.06. The molecular formula is C17H17N3O3. The van der Waals surface area contributed by atoms with Crippen LogP contribution in [0.1, 0.15) is 28.0 Å². The lowest BCUT2D eigenvalue weighted by Gasteiger charge is -2.03. The quantitative estimate of drug-likeness (QED) is 0.858. The van der Waals surface area contributed by atoms with Gasteiger partial charge in [0, 0.05) is 24.5 Å². The van der Waals surface area contributed by atoms with Crippen LogP contribution in [0.3, 0.4) is 0 Å². The lowest BCUT2D eigenvalue weighted by molar-refractivity contribution is -0.115.